The fraction of sp³-hybridized carbons (Fsp3) is 0.647. The number of nitrogens with zero attached hydrogens (tertiary/aromatic N) is 1. The molecule has 3 heteroatoms. The summed E-state index contributed by atoms with van der Waals surface area (Å²) in [6, 6.07) is 11.9. The molecule has 2 nitrogen and oxygen atoms in total. The van der Waals surface area contributed by atoms with Crippen LogP contribution >= 0.6 is 11.8 Å². The number of hydrogen-bond donors (Lipinski definition) is 1. The zero-order valence-corrected chi connectivity index (χ0v) is 14.2. The van der Waals surface area contributed by atoms with Crippen molar-refractivity contribution in [3.8, 4) is 0 Å². The smallest absolute Gasteiger partial charge is 0.0332 e. The zero-order valence-electron chi connectivity index (χ0n) is 13.4. The van der Waals surface area contributed by atoms with Crippen LogP contribution in [0.25, 0.3) is 0 Å². The van der Waals surface area contributed by atoms with E-state index in [1.165, 1.54) is 24.2 Å². The van der Waals surface area contributed by atoms with E-state index < -0.39 is 0 Å². The van der Waals surface area contributed by atoms with Crippen LogP contribution in [0.2, 0.25) is 0 Å². The number of rotatable bonds is 10. The second-order valence-corrected chi connectivity index (χ2v) is 6.40. The highest BCUT2D eigenvalue weighted by Crippen LogP contribution is 2.17. The summed E-state index contributed by atoms with van der Waals surface area (Å²) >= 11 is 1.93. The molecule has 20 heavy (non-hydrogen) atoms. The Labute approximate surface area is 129 Å². The third kappa shape index (κ3) is 6.29. The Kier molecular flexibility index (Phi) is 8.99. The van der Waals surface area contributed by atoms with E-state index in [-0.39, 0.29) is 0 Å². The maximum Gasteiger partial charge on any atom is 0.0332 e. The maximum atomic E-state index is 3.68. The SMILES string of the molecule is CCCNC(CCN(C)C(C)CSC)c1ccccc1. The van der Waals surface area contributed by atoms with Crippen molar-refractivity contribution < 1.29 is 0 Å². The van der Waals surface area contributed by atoms with Crippen molar-refractivity contribution in [1.29, 1.82) is 0 Å². The van der Waals surface area contributed by atoms with Gasteiger partial charge in [-0.1, -0.05) is 37.3 Å². The Morgan fingerprint density at radius 3 is 2.55 bits per heavy atom. The first-order valence-corrected chi connectivity index (χ1v) is 9.05. The van der Waals surface area contributed by atoms with Crippen LogP contribution in [-0.4, -0.2) is 43.1 Å². The average Bonchev–Trinajstić information content (AvgIpc) is 2.48. The topological polar surface area (TPSA) is 15.3 Å². The van der Waals surface area contributed by atoms with Gasteiger partial charge in [0.1, 0.15) is 0 Å². The second-order valence-electron chi connectivity index (χ2n) is 5.49. The molecule has 0 bridgehead atoms. The van der Waals surface area contributed by atoms with Crippen molar-refractivity contribution in [3.05, 3.63) is 35.9 Å². The first-order chi connectivity index (χ1) is 9.69. The van der Waals surface area contributed by atoms with Gasteiger partial charge in [-0.25, -0.2) is 0 Å². The summed E-state index contributed by atoms with van der Waals surface area (Å²) in [5.74, 6) is 1.20. The van der Waals surface area contributed by atoms with Gasteiger partial charge in [0.05, 0.1) is 0 Å². The van der Waals surface area contributed by atoms with Gasteiger partial charge < -0.3 is 10.2 Å². The van der Waals surface area contributed by atoms with E-state index >= 15 is 0 Å². The molecule has 2 atom stereocenters. The Morgan fingerprint density at radius 1 is 1.25 bits per heavy atom. The summed E-state index contributed by atoms with van der Waals surface area (Å²) in [6.07, 6.45) is 4.53. The molecule has 1 aromatic rings. The van der Waals surface area contributed by atoms with Crippen LogP contribution in [0.5, 0.6) is 0 Å². The molecule has 0 fully saturated rings. The van der Waals surface area contributed by atoms with E-state index in [4.69, 9.17) is 0 Å². The molecule has 0 radical (unpaired) electrons. The average molecular weight is 295 g/mol. The monoisotopic (exact) mass is 294 g/mol. The van der Waals surface area contributed by atoms with Crippen LogP contribution in [0.3, 0.4) is 0 Å². The Bertz CT molecular complexity index is 342. The van der Waals surface area contributed by atoms with E-state index in [1.54, 1.807) is 0 Å². The summed E-state index contributed by atoms with van der Waals surface area (Å²) in [7, 11) is 2.24. The number of thioether (sulfide) groups is 1. The van der Waals surface area contributed by atoms with Gasteiger partial charge in [-0.3, -0.25) is 0 Å². The van der Waals surface area contributed by atoms with Crippen LogP contribution in [-0.2, 0) is 0 Å². The number of nitrogens with one attached hydrogen (secondary N) is 1. The molecule has 1 N–H and O–H groups in total. The Hall–Kier alpha value is -0.510. The van der Waals surface area contributed by atoms with Gasteiger partial charge in [0, 0.05) is 17.8 Å². The van der Waals surface area contributed by atoms with Gasteiger partial charge in [0.15, 0.2) is 0 Å². The Morgan fingerprint density at radius 2 is 1.95 bits per heavy atom. The normalized spacial score (nSPS) is 14.4. The van der Waals surface area contributed by atoms with E-state index in [9.17, 15) is 0 Å². The molecular weight excluding hydrogens is 264 g/mol. The van der Waals surface area contributed by atoms with Gasteiger partial charge in [-0.15, -0.1) is 0 Å². The van der Waals surface area contributed by atoms with Crippen molar-refractivity contribution in [3.63, 3.8) is 0 Å². The predicted molar refractivity (Wildman–Crippen MR) is 92.6 cm³/mol. The first-order valence-electron chi connectivity index (χ1n) is 7.66. The molecule has 114 valence electrons. The van der Waals surface area contributed by atoms with Gasteiger partial charge >= 0.3 is 0 Å². The number of benzene rings is 1. The fourth-order valence-electron chi connectivity index (χ4n) is 2.31. The molecule has 2 unspecified atom stereocenters. The van der Waals surface area contributed by atoms with Gasteiger partial charge in [-0.2, -0.15) is 11.8 Å². The van der Waals surface area contributed by atoms with Crippen LogP contribution < -0.4 is 5.32 Å². The minimum atomic E-state index is 0.472. The summed E-state index contributed by atoms with van der Waals surface area (Å²) in [4.78, 5) is 2.47. The molecule has 0 amide bonds. The highest BCUT2D eigenvalue weighted by Gasteiger charge is 2.14. The molecule has 1 rings (SSSR count). The van der Waals surface area contributed by atoms with Crippen LogP contribution in [0.1, 0.15) is 38.3 Å². The highest BCUT2D eigenvalue weighted by molar-refractivity contribution is 7.98. The predicted octanol–water partition coefficient (Wildman–Crippen LogP) is 3.80. The molecule has 0 saturated heterocycles. The lowest BCUT2D eigenvalue weighted by Gasteiger charge is -2.27. The summed E-state index contributed by atoms with van der Waals surface area (Å²) in [5.41, 5.74) is 1.41. The fourth-order valence-corrected chi connectivity index (χ4v) is 3.05. The standard InChI is InChI=1S/C17H30N2S/c1-5-12-18-17(16-9-7-6-8-10-16)11-13-19(3)15(2)14-20-4/h6-10,15,17-18H,5,11-14H2,1-4H3. The van der Waals surface area contributed by atoms with Gasteiger partial charge in [0.2, 0.25) is 0 Å². The van der Waals surface area contributed by atoms with E-state index in [0.717, 1.165) is 13.1 Å². The van der Waals surface area contributed by atoms with Crippen LogP contribution in [0.4, 0.5) is 0 Å². The summed E-state index contributed by atoms with van der Waals surface area (Å²) in [5, 5.41) is 3.68. The largest absolute Gasteiger partial charge is 0.310 e. The van der Waals surface area contributed by atoms with Crippen molar-refractivity contribution in [2.45, 2.75) is 38.8 Å². The molecule has 1 aromatic carbocycles. The summed E-state index contributed by atoms with van der Waals surface area (Å²) in [6.45, 7) is 6.76. The molecule has 0 heterocycles. The third-order valence-corrected chi connectivity index (χ3v) is 4.59. The summed E-state index contributed by atoms with van der Waals surface area (Å²) < 4.78 is 0. The quantitative estimate of drug-likeness (QED) is 0.706. The van der Waals surface area contributed by atoms with Crippen LogP contribution in [0, 0.1) is 0 Å². The van der Waals surface area contributed by atoms with Crippen molar-refractivity contribution >= 4 is 11.8 Å². The molecule has 0 saturated carbocycles. The highest BCUT2D eigenvalue weighted by atomic mass is 32.2. The molecule has 0 aromatic heterocycles. The minimum Gasteiger partial charge on any atom is -0.310 e. The number of hydrogen-bond acceptors (Lipinski definition) is 3. The van der Waals surface area contributed by atoms with Crippen molar-refractivity contribution in [2.24, 2.45) is 0 Å². The van der Waals surface area contributed by atoms with E-state index in [2.05, 4.69) is 67.7 Å². The third-order valence-electron chi connectivity index (χ3n) is 3.77. The minimum absolute atomic E-state index is 0.472. The molecular formula is C17H30N2S. The first kappa shape index (κ1) is 17.5. The van der Waals surface area contributed by atoms with E-state index in [1.807, 2.05) is 11.8 Å². The molecule has 0 aliphatic rings. The van der Waals surface area contributed by atoms with Gasteiger partial charge in [0.25, 0.3) is 0 Å². The lowest BCUT2D eigenvalue weighted by atomic mass is 10.0. The Balaban J connectivity index is 2.53. The van der Waals surface area contributed by atoms with Crippen LogP contribution in [0.15, 0.2) is 30.3 Å². The lowest BCUT2D eigenvalue weighted by Crippen LogP contribution is -2.34. The molecule has 0 aliphatic heterocycles. The lowest BCUT2D eigenvalue weighted by molar-refractivity contribution is 0.260. The zero-order chi connectivity index (χ0) is 14.8. The second kappa shape index (κ2) is 10.3. The maximum absolute atomic E-state index is 3.68. The van der Waals surface area contributed by atoms with Crippen molar-refractivity contribution in [2.75, 3.05) is 32.1 Å². The van der Waals surface area contributed by atoms with E-state index in [0.29, 0.717) is 12.1 Å². The van der Waals surface area contributed by atoms with Crippen molar-refractivity contribution in [1.82, 2.24) is 10.2 Å². The molecule has 0 aliphatic carbocycles. The van der Waals surface area contributed by atoms with Gasteiger partial charge in [-0.05, 0) is 51.7 Å². The molecule has 0 spiro atoms.